The number of alkyl halides is 3. The number of methoxy groups -OCH3 is 1. The quantitative estimate of drug-likeness (QED) is 0.856. The van der Waals surface area contributed by atoms with E-state index in [0.29, 0.717) is 0 Å². The summed E-state index contributed by atoms with van der Waals surface area (Å²) in [5, 5.41) is 2.25. The number of amides is 2. The normalized spacial score (nSPS) is 11.2. The third-order valence-electron chi connectivity index (χ3n) is 2.91. The average Bonchev–Trinajstić information content (AvgIpc) is 2.44. The van der Waals surface area contributed by atoms with E-state index in [1.165, 1.54) is 18.9 Å². The molecule has 0 aliphatic heterocycles. The molecule has 0 aliphatic carbocycles. The van der Waals surface area contributed by atoms with Gasteiger partial charge in [0.05, 0.1) is 29.4 Å². The van der Waals surface area contributed by atoms with Gasteiger partial charge in [-0.3, -0.25) is 9.59 Å². The Morgan fingerprint density at radius 3 is 2.52 bits per heavy atom. The Morgan fingerprint density at radius 2 is 2.00 bits per heavy atom. The summed E-state index contributed by atoms with van der Waals surface area (Å²) in [5.74, 6) is -1.01. The lowest BCUT2D eigenvalue weighted by molar-refractivity contribution is -0.137. The smallest absolute Gasteiger partial charge is 0.383 e. The minimum atomic E-state index is -4.55. The molecule has 1 aromatic rings. The van der Waals surface area contributed by atoms with Crippen LogP contribution >= 0.6 is 11.6 Å². The largest absolute Gasteiger partial charge is 0.416 e. The van der Waals surface area contributed by atoms with E-state index in [-0.39, 0.29) is 36.3 Å². The molecule has 0 aromatic heterocycles. The Balaban J connectivity index is 2.82. The van der Waals surface area contributed by atoms with Gasteiger partial charge in [0, 0.05) is 20.6 Å². The maximum absolute atomic E-state index is 12.7. The van der Waals surface area contributed by atoms with Gasteiger partial charge in [0.2, 0.25) is 11.8 Å². The van der Waals surface area contributed by atoms with Gasteiger partial charge in [-0.1, -0.05) is 11.6 Å². The van der Waals surface area contributed by atoms with E-state index in [1.54, 1.807) is 0 Å². The minimum absolute atomic E-state index is 0.0300. The van der Waals surface area contributed by atoms with Crippen LogP contribution in [-0.2, 0) is 20.5 Å². The van der Waals surface area contributed by atoms with Crippen molar-refractivity contribution in [1.29, 1.82) is 0 Å². The van der Waals surface area contributed by atoms with Gasteiger partial charge in [0.25, 0.3) is 0 Å². The van der Waals surface area contributed by atoms with Crippen LogP contribution in [0.1, 0.15) is 12.5 Å². The van der Waals surface area contributed by atoms with Crippen LogP contribution in [-0.4, -0.2) is 43.5 Å². The van der Waals surface area contributed by atoms with Crippen LogP contribution in [0.25, 0.3) is 0 Å². The van der Waals surface area contributed by atoms with Crippen LogP contribution in [0.15, 0.2) is 18.2 Å². The highest BCUT2D eigenvalue weighted by Gasteiger charge is 2.31. The van der Waals surface area contributed by atoms with Gasteiger partial charge >= 0.3 is 6.18 Å². The van der Waals surface area contributed by atoms with Crippen LogP contribution in [0.3, 0.4) is 0 Å². The van der Waals surface area contributed by atoms with E-state index in [9.17, 15) is 22.8 Å². The number of hydrogen-bond acceptors (Lipinski definition) is 3. The van der Waals surface area contributed by atoms with Gasteiger partial charge in [0.1, 0.15) is 0 Å². The molecule has 23 heavy (non-hydrogen) atoms. The van der Waals surface area contributed by atoms with Gasteiger partial charge in [-0.2, -0.15) is 13.2 Å². The Morgan fingerprint density at radius 1 is 1.35 bits per heavy atom. The van der Waals surface area contributed by atoms with Crippen molar-refractivity contribution in [3.63, 3.8) is 0 Å². The standard InChI is InChI=1S/C14H16ClF3N2O3/c1-9(21)20(5-6-23-2)8-13(22)19-12-7-10(14(16,17)18)3-4-11(12)15/h3-4,7H,5-6,8H2,1-2H3,(H,19,22). The second-order valence-corrected chi connectivity index (χ2v) is 5.08. The third kappa shape index (κ3) is 6.07. The monoisotopic (exact) mass is 352 g/mol. The number of anilines is 1. The van der Waals surface area contributed by atoms with Crippen molar-refractivity contribution in [2.45, 2.75) is 13.1 Å². The fourth-order valence-electron chi connectivity index (χ4n) is 1.71. The molecule has 0 heterocycles. The van der Waals surface area contributed by atoms with Crippen molar-refractivity contribution >= 4 is 29.1 Å². The fraction of sp³-hybridized carbons (Fsp3) is 0.429. The zero-order chi connectivity index (χ0) is 17.6. The molecule has 128 valence electrons. The van der Waals surface area contributed by atoms with Crippen LogP contribution in [0.2, 0.25) is 5.02 Å². The van der Waals surface area contributed by atoms with Gasteiger partial charge in [0.15, 0.2) is 0 Å². The van der Waals surface area contributed by atoms with Crippen LogP contribution < -0.4 is 5.32 Å². The Bertz CT molecular complexity index is 579. The molecule has 0 atom stereocenters. The molecule has 2 amide bonds. The van der Waals surface area contributed by atoms with Crippen molar-refractivity contribution in [2.24, 2.45) is 0 Å². The van der Waals surface area contributed by atoms with Crippen molar-refractivity contribution in [1.82, 2.24) is 4.90 Å². The van der Waals surface area contributed by atoms with Gasteiger partial charge in [-0.05, 0) is 18.2 Å². The summed E-state index contributed by atoms with van der Waals surface area (Å²) < 4.78 is 42.8. The lowest BCUT2D eigenvalue weighted by atomic mass is 10.2. The SMILES string of the molecule is COCCN(CC(=O)Nc1cc(C(F)(F)F)ccc1Cl)C(C)=O. The summed E-state index contributed by atoms with van der Waals surface area (Å²) in [6, 6.07) is 2.61. The first-order valence-electron chi connectivity index (χ1n) is 6.56. The molecule has 0 fully saturated rings. The zero-order valence-electron chi connectivity index (χ0n) is 12.5. The predicted molar refractivity (Wildman–Crippen MR) is 79.2 cm³/mol. The topological polar surface area (TPSA) is 58.6 Å². The summed E-state index contributed by atoms with van der Waals surface area (Å²) >= 11 is 5.79. The molecule has 1 rings (SSSR count). The number of carbonyl (C=O) groups excluding carboxylic acids is 2. The molecule has 0 bridgehead atoms. The molecule has 9 heteroatoms. The number of carbonyl (C=O) groups is 2. The van der Waals surface area contributed by atoms with Gasteiger partial charge < -0.3 is 15.0 Å². The highest BCUT2D eigenvalue weighted by molar-refractivity contribution is 6.33. The Kier molecular flexibility index (Phi) is 6.83. The molecule has 0 radical (unpaired) electrons. The number of rotatable bonds is 6. The Labute approximate surface area is 136 Å². The third-order valence-corrected chi connectivity index (χ3v) is 3.24. The van der Waals surface area contributed by atoms with E-state index < -0.39 is 17.6 Å². The lowest BCUT2D eigenvalue weighted by Crippen LogP contribution is -2.38. The number of benzene rings is 1. The Hall–Kier alpha value is -1.80. The highest BCUT2D eigenvalue weighted by Crippen LogP contribution is 2.33. The molecule has 0 saturated carbocycles. The van der Waals surface area contributed by atoms with E-state index in [2.05, 4.69) is 5.32 Å². The van der Waals surface area contributed by atoms with Crippen LogP contribution in [0, 0.1) is 0 Å². The molecule has 0 saturated heterocycles. The predicted octanol–water partition coefficient (Wildman–Crippen LogP) is 2.79. The maximum atomic E-state index is 12.7. The number of nitrogens with one attached hydrogen (secondary N) is 1. The highest BCUT2D eigenvalue weighted by atomic mass is 35.5. The second kappa shape index (κ2) is 8.16. The fourth-order valence-corrected chi connectivity index (χ4v) is 1.87. The van der Waals surface area contributed by atoms with Gasteiger partial charge in [-0.15, -0.1) is 0 Å². The maximum Gasteiger partial charge on any atom is 0.416 e. The summed E-state index contributed by atoms with van der Waals surface area (Å²) in [7, 11) is 1.45. The first-order valence-corrected chi connectivity index (χ1v) is 6.94. The lowest BCUT2D eigenvalue weighted by Gasteiger charge is -2.20. The van der Waals surface area contributed by atoms with Crippen molar-refractivity contribution in [3.8, 4) is 0 Å². The first kappa shape index (κ1) is 19.2. The van der Waals surface area contributed by atoms with Crippen molar-refractivity contribution < 1.29 is 27.5 Å². The molecular weight excluding hydrogens is 337 g/mol. The van der Waals surface area contributed by atoms with Crippen molar-refractivity contribution in [3.05, 3.63) is 28.8 Å². The van der Waals surface area contributed by atoms with E-state index in [4.69, 9.17) is 16.3 Å². The number of halogens is 4. The molecule has 0 unspecified atom stereocenters. The van der Waals surface area contributed by atoms with E-state index >= 15 is 0 Å². The first-order chi connectivity index (χ1) is 10.6. The number of hydrogen-bond donors (Lipinski definition) is 1. The minimum Gasteiger partial charge on any atom is -0.383 e. The molecule has 0 aliphatic rings. The van der Waals surface area contributed by atoms with Gasteiger partial charge in [-0.25, -0.2) is 0 Å². The molecule has 1 N–H and O–H groups in total. The number of nitrogens with zero attached hydrogens (tertiary/aromatic N) is 1. The summed E-state index contributed by atoms with van der Waals surface area (Å²) in [6.07, 6.45) is -4.55. The van der Waals surface area contributed by atoms with Crippen molar-refractivity contribution in [2.75, 3.05) is 32.1 Å². The molecule has 0 spiro atoms. The molecule has 1 aromatic carbocycles. The summed E-state index contributed by atoms with van der Waals surface area (Å²) in [6.45, 7) is 1.39. The summed E-state index contributed by atoms with van der Waals surface area (Å²) in [5.41, 5.74) is -1.10. The second-order valence-electron chi connectivity index (χ2n) is 4.67. The molecule has 5 nitrogen and oxygen atoms in total. The average molecular weight is 353 g/mol. The van der Waals surface area contributed by atoms with E-state index in [0.717, 1.165) is 18.2 Å². The summed E-state index contributed by atoms with van der Waals surface area (Å²) in [4.78, 5) is 24.5. The zero-order valence-corrected chi connectivity index (χ0v) is 13.3. The molecular formula is C14H16ClF3N2O3. The van der Waals surface area contributed by atoms with Crippen LogP contribution in [0.4, 0.5) is 18.9 Å². The van der Waals surface area contributed by atoms with Crippen LogP contribution in [0.5, 0.6) is 0 Å². The van der Waals surface area contributed by atoms with E-state index in [1.807, 2.05) is 0 Å². The number of ether oxygens (including phenoxy) is 1.